The first-order valence-electron chi connectivity index (χ1n) is 7.11. The van der Waals surface area contributed by atoms with Crippen molar-refractivity contribution >= 4 is 33.1 Å². The molecule has 0 aliphatic heterocycles. The predicted octanol–water partition coefficient (Wildman–Crippen LogP) is 2.29. The summed E-state index contributed by atoms with van der Waals surface area (Å²) in [6.07, 6.45) is 2.66. The van der Waals surface area contributed by atoms with E-state index in [0.717, 1.165) is 29.7 Å². The zero-order valence-corrected chi connectivity index (χ0v) is 13.6. The average molecular weight is 306 g/mol. The van der Waals surface area contributed by atoms with E-state index < -0.39 is 0 Å². The molecule has 0 spiro atoms. The van der Waals surface area contributed by atoms with Gasteiger partial charge in [-0.1, -0.05) is 6.92 Å². The normalized spacial score (nSPS) is 11.2. The zero-order valence-electron chi connectivity index (χ0n) is 12.8. The first kappa shape index (κ1) is 15.7. The van der Waals surface area contributed by atoms with Gasteiger partial charge >= 0.3 is 0 Å². The van der Waals surface area contributed by atoms with Crippen LogP contribution in [0.4, 0.5) is 5.69 Å². The number of carbonyl (C=O) groups is 1. The maximum Gasteiger partial charge on any atom is 0.266 e. The lowest BCUT2D eigenvalue weighted by molar-refractivity contribution is 0.0751. The Balaban J connectivity index is 2.27. The minimum Gasteiger partial charge on any atom is -0.397 e. The van der Waals surface area contributed by atoms with E-state index >= 15 is 0 Å². The van der Waals surface area contributed by atoms with Crippen molar-refractivity contribution < 1.29 is 4.79 Å². The Morgan fingerprint density at radius 1 is 1.33 bits per heavy atom. The molecule has 21 heavy (non-hydrogen) atoms. The monoisotopic (exact) mass is 306 g/mol. The second-order valence-electron chi connectivity index (χ2n) is 5.30. The van der Waals surface area contributed by atoms with Crippen molar-refractivity contribution in [2.24, 2.45) is 0 Å². The quantitative estimate of drug-likeness (QED) is 0.889. The molecule has 1 amide bonds. The van der Waals surface area contributed by atoms with E-state index in [-0.39, 0.29) is 5.91 Å². The van der Waals surface area contributed by atoms with E-state index in [1.807, 2.05) is 31.1 Å². The van der Waals surface area contributed by atoms with Gasteiger partial charge in [-0.3, -0.25) is 4.79 Å². The number of amides is 1. The molecule has 6 heteroatoms. The van der Waals surface area contributed by atoms with Crippen LogP contribution in [0.1, 0.15) is 23.0 Å². The maximum atomic E-state index is 12.7. The van der Waals surface area contributed by atoms with Crippen molar-refractivity contribution in [1.82, 2.24) is 14.8 Å². The fourth-order valence-electron chi connectivity index (χ4n) is 2.16. The number of hydrogen-bond acceptors (Lipinski definition) is 5. The van der Waals surface area contributed by atoms with Gasteiger partial charge in [-0.15, -0.1) is 11.3 Å². The molecule has 0 unspecified atom stereocenters. The molecule has 2 aromatic rings. The van der Waals surface area contributed by atoms with Crippen molar-refractivity contribution in [2.75, 3.05) is 39.5 Å². The summed E-state index contributed by atoms with van der Waals surface area (Å²) in [6, 6.07) is 3.75. The Hall–Kier alpha value is -1.66. The molecule has 0 saturated carbocycles. The van der Waals surface area contributed by atoms with Crippen LogP contribution in [-0.2, 0) is 0 Å². The number of nitrogens with two attached hydrogens (primary N) is 1. The molecule has 0 aromatic carbocycles. The lowest BCUT2D eigenvalue weighted by atomic mass is 10.2. The number of nitrogens with zero attached hydrogens (tertiary/aromatic N) is 3. The van der Waals surface area contributed by atoms with Gasteiger partial charge in [0.25, 0.3) is 5.91 Å². The molecule has 114 valence electrons. The second kappa shape index (κ2) is 6.87. The summed E-state index contributed by atoms with van der Waals surface area (Å²) in [5, 5.41) is 0.870. The van der Waals surface area contributed by atoms with Crippen molar-refractivity contribution in [1.29, 1.82) is 0 Å². The van der Waals surface area contributed by atoms with E-state index in [1.54, 1.807) is 6.20 Å². The van der Waals surface area contributed by atoms with Gasteiger partial charge in [-0.2, -0.15) is 0 Å². The van der Waals surface area contributed by atoms with E-state index in [9.17, 15) is 4.79 Å². The van der Waals surface area contributed by atoms with Gasteiger partial charge in [0.05, 0.1) is 5.69 Å². The Bertz CT molecular complexity index is 623. The van der Waals surface area contributed by atoms with Gasteiger partial charge < -0.3 is 15.5 Å². The summed E-state index contributed by atoms with van der Waals surface area (Å²) >= 11 is 1.38. The van der Waals surface area contributed by atoms with E-state index in [2.05, 4.69) is 16.8 Å². The Morgan fingerprint density at radius 2 is 2.10 bits per heavy atom. The Morgan fingerprint density at radius 3 is 2.71 bits per heavy atom. The molecular weight excluding hydrogens is 284 g/mol. The van der Waals surface area contributed by atoms with Crippen molar-refractivity contribution in [3.05, 3.63) is 23.2 Å². The zero-order chi connectivity index (χ0) is 15.4. The Labute approximate surface area is 129 Å². The molecule has 0 aliphatic carbocycles. The summed E-state index contributed by atoms with van der Waals surface area (Å²) in [7, 11) is 4.01. The van der Waals surface area contributed by atoms with Gasteiger partial charge in [0.15, 0.2) is 0 Å². The average Bonchev–Trinajstić information content (AvgIpc) is 2.80. The second-order valence-corrected chi connectivity index (χ2v) is 6.30. The number of rotatable bonds is 6. The highest BCUT2D eigenvalue weighted by atomic mass is 32.1. The summed E-state index contributed by atoms with van der Waals surface area (Å²) < 4.78 is 0. The van der Waals surface area contributed by atoms with Crippen LogP contribution in [0.5, 0.6) is 0 Å². The first-order chi connectivity index (χ1) is 10.0. The Kier molecular flexibility index (Phi) is 5.14. The number of carbonyl (C=O) groups excluding carboxylic acids is 1. The highest BCUT2D eigenvalue weighted by molar-refractivity contribution is 7.21. The smallest absolute Gasteiger partial charge is 0.266 e. The van der Waals surface area contributed by atoms with Gasteiger partial charge in [-0.05, 0) is 32.6 Å². The van der Waals surface area contributed by atoms with Gasteiger partial charge in [-0.25, -0.2) is 4.98 Å². The molecular formula is C15H22N4OS. The molecule has 2 N–H and O–H groups in total. The number of anilines is 1. The van der Waals surface area contributed by atoms with E-state index in [0.29, 0.717) is 17.1 Å². The summed E-state index contributed by atoms with van der Waals surface area (Å²) in [4.78, 5) is 22.4. The van der Waals surface area contributed by atoms with Gasteiger partial charge in [0, 0.05) is 31.2 Å². The molecule has 0 aliphatic rings. The molecule has 5 nitrogen and oxygen atoms in total. The van der Waals surface area contributed by atoms with E-state index in [1.165, 1.54) is 11.3 Å². The lowest BCUT2D eigenvalue weighted by Gasteiger charge is -2.23. The fourth-order valence-corrected chi connectivity index (χ4v) is 3.19. The number of thiophene rings is 1. The topological polar surface area (TPSA) is 62.5 Å². The van der Waals surface area contributed by atoms with Gasteiger partial charge in [0.2, 0.25) is 0 Å². The number of likely N-dealkylation sites (N-methyl/N-ethyl adjacent to an activating group) is 1. The van der Waals surface area contributed by atoms with Crippen LogP contribution in [-0.4, -0.2) is 54.4 Å². The van der Waals surface area contributed by atoms with Gasteiger partial charge in [0.1, 0.15) is 9.71 Å². The number of fused-ring (bicyclic) bond motifs is 1. The third-order valence-electron chi connectivity index (χ3n) is 3.30. The summed E-state index contributed by atoms with van der Waals surface area (Å²) in [6.45, 7) is 4.37. The number of nitrogen functional groups attached to an aromatic ring is 1. The standard InChI is InChI=1S/C15H22N4OS/c1-4-8-19(10-9-18(2)3)15(20)13-12(16)11-6-5-7-17-14(11)21-13/h5-7H,4,8-10,16H2,1-3H3. The van der Waals surface area contributed by atoms with Crippen LogP contribution >= 0.6 is 11.3 Å². The van der Waals surface area contributed by atoms with Crippen LogP contribution < -0.4 is 5.73 Å². The van der Waals surface area contributed by atoms with Crippen LogP contribution in [0.3, 0.4) is 0 Å². The van der Waals surface area contributed by atoms with Crippen LogP contribution in [0, 0.1) is 0 Å². The number of hydrogen-bond donors (Lipinski definition) is 1. The maximum absolute atomic E-state index is 12.7. The minimum absolute atomic E-state index is 0.0131. The van der Waals surface area contributed by atoms with Crippen molar-refractivity contribution in [3.63, 3.8) is 0 Å². The molecule has 2 aromatic heterocycles. The largest absolute Gasteiger partial charge is 0.397 e. The molecule has 0 radical (unpaired) electrons. The summed E-state index contributed by atoms with van der Waals surface area (Å²) in [5.74, 6) is 0.0131. The number of pyridine rings is 1. The fraction of sp³-hybridized carbons (Fsp3) is 0.467. The highest BCUT2D eigenvalue weighted by Crippen LogP contribution is 2.32. The van der Waals surface area contributed by atoms with E-state index in [4.69, 9.17) is 5.73 Å². The van der Waals surface area contributed by atoms with Crippen molar-refractivity contribution in [2.45, 2.75) is 13.3 Å². The first-order valence-corrected chi connectivity index (χ1v) is 7.93. The highest BCUT2D eigenvalue weighted by Gasteiger charge is 2.21. The third kappa shape index (κ3) is 3.51. The molecule has 2 rings (SSSR count). The predicted molar refractivity (Wildman–Crippen MR) is 88.8 cm³/mol. The molecule has 2 heterocycles. The van der Waals surface area contributed by atoms with Crippen LogP contribution in [0.25, 0.3) is 10.2 Å². The van der Waals surface area contributed by atoms with Crippen LogP contribution in [0.2, 0.25) is 0 Å². The third-order valence-corrected chi connectivity index (χ3v) is 4.41. The van der Waals surface area contributed by atoms with Crippen molar-refractivity contribution in [3.8, 4) is 0 Å². The minimum atomic E-state index is 0.0131. The molecule has 0 atom stereocenters. The molecule has 0 fully saturated rings. The number of aromatic nitrogens is 1. The lowest BCUT2D eigenvalue weighted by Crippen LogP contribution is -2.37. The summed E-state index contributed by atoms with van der Waals surface area (Å²) in [5.41, 5.74) is 6.70. The molecule has 0 bridgehead atoms. The molecule has 0 saturated heterocycles. The SMILES string of the molecule is CCCN(CCN(C)C)C(=O)c1sc2ncccc2c1N. The van der Waals surface area contributed by atoms with Crippen LogP contribution in [0.15, 0.2) is 18.3 Å².